The summed E-state index contributed by atoms with van der Waals surface area (Å²) in [6.07, 6.45) is 12.3. The second kappa shape index (κ2) is 9.48. The maximum Gasteiger partial charge on any atom is 0.0406 e. The van der Waals surface area contributed by atoms with Crippen molar-refractivity contribution in [1.29, 1.82) is 0 Å². The Morgan fingerprint density at radius 3 is 2.29 bits per heavy atom. The van der Waals surface area contributed by atoms with Gasteiger partial charge in [0, 0.05) is 11.1 Å². The van der Waals surface area contributed by atoms with E-state index in [1.54, 1.807) is 0 Å². The Morgan fingerprint density at radius 2 is 1.67 bits per heavy atom. The molecule has 0 heterocycles. The van der Waals surface area contributed by atoms with Crippen LogP contribution in [0.4, 0.5) is 0 Å². The third-order valence-corrected chi connectivity index (χ3v) is 5.00. The van der Waals surface area contributed by atoms with E-state index in [-0.39, 0.29) is 0 Å². The average Bonchev–Trinajstić information content (AvgIpc) is 2.46. The third kappa shape index (κ3) is 6.00. The van der Waals surface area contributed by atoms with Crippen molar-refractivity contribution in [2.75, 3.05) is 6.54 Å². The summed E-state index contributed by atoms with van der Waals surface area (Å²) in [5.41, 5.74) is 1.41. The Morgan fingerprint density at radius 1 is 1.05 bits per heavy atom. The lowest BCUT2D eigenvalue weighted by molar-refractivity contribution is 0.283. The SMILES string of the molecule is CCCNC(Cc1ccc(Cl)cc1)C1CCCCCCC1. The number of hydrogen-bond donors (Lipinski definition) is 1. The van der Waals surface area contributed by atoms with Crippen LogP contribution in [-0.2, 0) is 6.42 Å². The van der Waals surface area contributed by atoms with Crippen LogP contribution in [0.25, 0.3) is 0 Å². The van der Waals surface area contributed by atoms with Gasteiger partial charge in [-0.25, -0.2) is 0 Å². The lowest BCUT2D eigenvalue weighted by Gasteiger charge is -2.30. The van der Waals surface area contributed by atoms with Crippen molar-refractivity contribution >= 4 is 11.6 Å². The van der Waals surface area contributed by atoms with Gasteiger partial charge in [0.2, 0.25) is 0 Å². The molecule has 0 bridgehead atoms. The number of rotatable bonds is 6. The van der Waals surface area contributed by atoms with Gasteiger partial charge >= 0.3 is 0 Å². The van der Waals surface area contributed by atoms with Crippen LogP contribution in [0, 0.1) is 5.92 Å². The van der Waals surface area contributed by atoms with Crippen molar-refractivity contribution in [3.05, 3.63) is 34.9 Å². The molecule has 1 aromatic rings. The summed E-state index contributed by atoms with van der Waals surface area (Å²) in [7, 11) is 0. The zero-order valence-corrected chi connectivity index (χ0v) is 14.2. The Labute approximate surface area is 135 Å². The standard InChI is InChI=1S/C19H30ClN/c1-2-14-21-19(15-16-10-12-18(20)13-11-16)17-8-6-4-3-5-7-9-17/h10-13,17,19,21H,2-9,14-15H2,1H3. The molecule has 118 valence electrons. The molecule has 1 aromatic carbocycles. The number of benzene rings is 1. The minimum absolute atomic E-state index is 0.629. The van der Waals surface area contributed by atoms with E-state index in [1.807, 2.05) is 12.1 Å². The fraction of sp³-hybridized carbons (Fsp3) is 0.684. The van der Waals surface area contributed by atoms with Gasteiger partial charge in [0.15, 0.2) is 0 Å². The highest BCUT2D eigenvalue weighted by molar-refractivity contribution is 6.30. The highest BCUT2D eigenvalue weighted by atomic mass is 35.5. The number of hydrogen-bond acceptors (Lipinski definition) is 1. The normalized spacial score (nSPS) is 19.0. The third-order valence-electron chi connectivity index (χ3n) is 4.74. The van der Waals surface area contributed by atoms with Crippen LogP contribution in [0.3, 0.4) is 0 Å². The molecule has 0 amide bonds. The van der Waals surface area contributed by atoms with E-state index in [4.69, 9.17) is 11.6 Å². The molecule has 1 fully saturated rings. The van der Waals surface area contributed by atoms with E-state index in [0.717, 1.165) is 23.9 Å². The first kappa shape index (κ1) is 16.8. The van der Waals surface area contributed by atoms with Crippen LogP contribution < -0.4 is 5.32 Å². The van der Waals surface area contributed by atoms with Gasteiger partial charge in [0.1, 0.15) is 0 Å². The van der Waals surface area contributed by atoms with E-state index in [1.165, 1.54) is 56.9 Å². The smallest absolute Gasteiger partial charge is 0.0406 e. The first-order valence-electron chi connectivity index (χ1n) is 8.77. The molecule has 0 aromatic heterocycles. The molecule has 2 heteroatoms. The van der Waals surface area contributed by atoms with Crippen LogP contribution in [-0.4, -0.2) is 12.6 Å². The van der Waals surface area contributed by atoms with Crippen molar-refractivity contribution in [2.45, 2.75) is 70.8 Å². The minimum Gasteiger partial charge on any atom is -0.313 e. The summed E-state index contributed by atoms with van der Waals surface area (Å²) < 4.78 is 0. The minimum atomic E-state index is 0.629. The molecular formula is C19H30ClN. The molecule has 2 rings (SSSR count). The van der Waals surface area contributed by atoms with Gasteiger partial charge in [-0.2, -0.15) is 0 Å². The molecule has 0 spiro atoms. The van der Waals surface area contributed by atoms with Crippen LogP contribution in [0.1, 0.15) is 63.9 Å². The molecule has 0 saturated heterocycles. The van der Waals surface area contributed by atoms with Gasteiger partial charge in [0.25, 0.3) is 0 Å². The fourth-order valence-corrected chi connectivity index (χ4v) is 3.63. The maximum absolute atomic E-state index is 6.00. The Kier molecular flexibility index (Phi) is 7.60. The molecule has 1 nitrogen and oxygen atoms in total. The molecule has 21 heavy (non-hydrogen) atoms. The fourth-order valence-electron chi connectivity index (χ4n) is 3.50. The van der Waals surface area contributed by atoms with Crippen molar-refractivity contribution in [2.24, 2.45) is 5.92 Å². The number of halogens is 1. The Balaban J connectivity index is 1.99. The summed E-state index contributed by atoms with van der Waals surface area (Å²) in [6, 6.07) is 9.04. The second-order valence-corrected chi connectivity index (χ2v) is 6.93. The molecule has 1 atom stereocenters. The van der Waals surface area contributed by atoms with Crippen LogP contribution in [0.2, 0.25) is 5.02 Å². The van der Waals surface area contributed by atoms with Gasteiger partial charge in [-0.05, 0) is 55.8 Å². The first-order valence-corrected chi connectivity index (χ1v) is 9.15. The quantitative estimate of drug-likeness (QED) is 0.720. The highest BCUT2D eigenvalue weighted by Crippen LogP contribution is 2.27. The second-order valence-electron chi connectivity index (χ2n) is 6.50. The highest BCUT2D eigenvalue weighted by Gasteiger charge is 2.21. The molecular weight excluding hydrogens is 278 g/mol. The zero-order chi connectivity index (χ0) is 14.9. The molecule has 1 aliphatic carbocycles. The van der Waals surface area contributed by atoms with E-state index in [0.29, 0.717) is 6.04 Å². The maximum atomic E-state index is 6.00. The van der Waals surface area contributed by atoms with Gasteiger partial charge in [0.05, 0.1) is 0 Å². The van der Waals surface area contributed by atoms with E-state index in [2.05, 4.69) is 24.4 Å². The molecule has 1 unspecified atom stereocenters. The van der Waals surface area contributed by atoms with Gasteiger partial charge in [-0.15, -0.1) is 0 Å². The van der Waals surface area contributed by atoms with Gasteiger partial charge in [-0.3, -0.25) is 0 Å². The van der Waals surface area contributed by atoms with Crippen molar-refractivity contribution in [3.8, 4) is 0 Å². The van der Waals surface area contributed by atoms with Gasteiger partial charge < -0.3 is 5.32 Å². The Bertz CT molecular complexity index is 379. The summed E-state index contributed by atoms with van der Waals surface area (Å²) in [5, 5.41) is 4.65. The van der Waals surface area contributed by atoms with Crippen molar-refractivity contribution in [3.63, 3.8) is 0 Å². The van der Waals surface area contributed by atoms with E-state index >= 15 is 0 Å². The molecule has 0 radical (unpaired) electrons. The van der Waals surface area contributed by atoms with E-state index in [9.17, 15) is 0 Å². The van der Waals surface area contributed by atoms with Crippen molar-refractivity contribution < 1.29 is 0 Å². The summed E-state index contributed by atoms with van der Waals surface area (Å²) in [6.45, 7) is 3.39. The predicted molar refractivity (Wildman–Crippen MR) is 93.0 cm³/mol. The first-order chi connectivity index (χ1) is 10.3. The number of nitrogens with one attached hydrogen (secondary N) is 1. The summed E-state index contributed by atoms with van der Waals surface area (Å²) >= 11 is 6.00. The van der Waals surface area contributed by atoms with Gasteiger partial charge in [-0.1, -0.05) is 62.8 Å². The van der Waals surface area contributed by atoms with Crippen LogP contribution in [0.5, 0.6) is 0 Å². The zero-order valence-electron chi connectivity index (χ0n) is 13.4. The lowest BCUT2D eigenvalue weighted by Crippen LogP contribution is -2.39. The summed E-state index contributed by atoms with van der Waals surface area (Å²) in [5.74, 6) is 0.840. The van der Waals surface area contributed by atoms with Crippen LogP contribution in [0.15, 0.2) is 24.3 Å². The van der Waals surface area contributed by atoms with E-state index < -0.39 is 0 Å². The topological polar surface area (TPSA) is 12.0 Å². The van der Waals surface area contributed by atoms with Crippen LogP contribution >= 0.6 is 11.6 Å². The molecule has 1 saturated carbocycles. The van der Waals surface area contributed by atoms with Crippen molar-refractivity contribution in [1.82, 2.24) is 5.32 Å². The molecule has 0 aliphatic heterocycles. The molecule has 1 aliphatic rings. The summed E-state index contributed by atoms with van der Waals surface area (Å²) in [4.78, 5) is 0. The Hall–Kier alpha value is -0.530. The predicted octanol–water partition coefficient (Wildman–Crippen LogP) is 5.61. The lowest BCUT2D eigenvalue weighted by atomic mass is 9.83. The largest absolute Gasteiger partial charge is 0.313 e. The monoisotopic (exact) mass is 307 g/mol. The average molecular weight is 308 g/mol. The molecule has 1 N–H and O–H groups in total.